The largest absolute Gasteiger partial charge is 0.339 e. The fraction of sp³-hybridized carbons (Fsp3) is 0.529. The van der Waals surface area contributed by atoms with Crippen LogP contribution in [0, 0.1) is 19.8 Å². The summed E-state index contributed by atoms with van der Waals surface area (Å²) in [5, 5.41) is 4.59. The average molecular weight is 330 g/mol. The third kappa shape index (κ3) is 2.86. The van der Waals surface area contributed by atoms with Crippen molar-refractivity contribution in [1.82, 2.24) is 19.9 Å². The Kier molecular flexibility index (Phi) is 4.26. The van der Waals surface area contributed by atoms with Gasteiger partial charge in [-0.3, -0.25) is 9.59 Å². The number of aromatic nitrogens is 2. The van der Waals surface area contributed by atoms with Crippen molar-refractivity contribution in [2.75, 3.05) is 26.2 Å². The highest BCUT2D eigenvalue weighted by molar-refractivity contribution is 6.06. The van der Waals surface area contributed by atoms with Crippen molar-refractivity contribution in [2.24, 2.45) is 5.92 Å². The lowest BCUT2D eigenvalue weighted by Gasteiger charge is -2.35. The molecule has 2 aromatic rings. The molecule has 0 unspecified atom stereocenters. The van der Waals surface area contributed by atoms with Crippen molar-refractivity contribution in [3.8, 4) is 0 Å². The van der Waals surface area contributed by atoms with E-state index in [1.807, 2.05) is 25.7 Å². The molecule has 1 fully saturated rings. The van der Waals surface area contributed by atoms with Crippen LogP contribution in [0.4, 0.5) is 0 Å². The summed E-state index contributed by atoms with van der Waals surface area (Å²) in [5.74, 6) is 0.0574. The topological polar surface area (TPSA) is 79.5 Å². The van der Waals surface area contributed by atoms with E-state index in [9.17, 15) is 9.59 Å². The third-order valence-corrected chi connectivity index (χ3v) is 4.35. The SMILES string of the molecule is Cc1cc(C(=O)N2CCN(C(=O)C(C)C)CC2)c2c(C)noc2n1. The summed E-state index contributed by atoms with van der Waals surface area (Å²) in [6.07, 6.45) is 0. The molecule has 2 aromatic heterocycles. The Morgan fingerprint density at radius 3 is 2.38 bits per heavy atom. The maximum Gasteiger partial charge on any atom is 0.258 e. The van der Waals surface area contributed by atoms with Gasteiger partial charge in [-0.25, -0.2) is 4.98 Å². The molecule has 0 spiro atoms. The second kappa shape index (κ2) is 6.22. The van der Waals surface area contributed by atoms with Crippen LogP contribution in [0.3, 0.4) is 0 Å². The number of carbonyl (C=O) groups is 2. The lowest BCUT2D eigenvalue weighted by Crippen LogP contribution is -2.51. The predicted molar refractivity (Wildman–Crippen MR) is 88.6 cm³/mol. The zero-order valence-electron chi connectivity index (χ0n) is 14.5. The Hall–Kier alpha value is -2.44. The molecule has 3 heterocycles. The molecule has 0 radical (unpaired) electrons. The Labute approximate surface area is 140 Å². The van der Waals surface area contributed by atoms with Crippen LogP contribution in [0.25, 0.3) is 11.1 Å². The molecule has 0 N–H and O–H groups in total. The number of hydrogen-bond donors (Lipinski definition) is 0. The first-order chi connectivity index (χ1) is 11.4. The van der Waals surface area contributed by atoms with E-state index < -0.39 is 0 Å². The van der Waals surface area contributed by atoms with Crippen molar-refractivity contribution in [3.05, 3.63) is 23.0 Å². The molecular formula is C17H22N4O3. The molecule has 0 aliphatic carbocycles. The van der Waals surface area contributed by atoms with E-state index in [1.165, 1.54) is 0 Å². The number of aryl methyl sites for hydroxylation is 2. The van der Waals surface area contributed by atoms with E-state index in [2.05, 4.69) is 10.1 Å². The monoisotopic (exact) mass is 330 g/mol. The van der Waals surface area contributed by atoms with Gasteiger partial charge in [0.1, 0.15) is 0 Å². The van der Waals surface area contributed by atoms with Crippen molar-refractivity contribution in [2.45, 2.75) is 27.7 Å². The number of fused-ring (bicyclic) bond motifs is 1. The van der Waals surface area contributed by atoms with Crippen LogP contribution >= 0.6 is 0 Å². The number of pyridine rings is 1. The van der Waals surface area contributed by atoms with Gasteiger partial charge in [0.05, 0.1) is 16.6 Å². The maximum absolute atomic E-state index is 13.0. The molecule has 128 valence electrons. The van der Waals surface area contributed by atoms with E-state index in [-0.39, 0.29) is 17.7 Å². The molecule has 7 heteroatoms. The van der Waals surface area contributed by atoms with Crippen LogP contribution in [0.5, 0.6) is 0 Å². The molecule has 24 heavy (non-hydrogen) atoms. The maximum atomic E-state index is 13.0. The molecule has 2 amide bonds. The molecule has 1 aliphatic rings. The second-order valence-corrected chi connectivity index (χ2v) is 6.53. The highest BCUT2D eigenvalue weighted by Gasteiger charge is 2.28. The van der Waals surface area contributed by atoms with Crippen LogP contribution in [-0.4, -0.2) is 57.9 Å². The van der Waals surface area contributed by atoms with Crippen LogP contribution in [0.15, 0.2) is 10.6 Å². The lowest BCUT2D eigenvalue weighted by atomic mass is 10.1. The van der Waals surface area contributed by atoms with Gasteiger partial charge in [0.2, 0.25) is 5.91 Å². The molecule has 1 aliphatic heterocycles. The summed E-state index contributed by atoms with van der Waals surface area (Å²) in [4.78, 5) is 32.9. The fourth-order valence-corrected chi connectivity index (χ4v) is 3.05. The smallest absolute Gasteiger partial charge is 0.258 e. The molecule has 0 bridgehead atoms. The van der Waals surface area contributed by atoms with Crippen molar-refractivity contribution in [3.63, 3.8) is 0 Å². The minimum atomic E-state index is -0.0616. The molecular weight excluding hydrogens is 308 g/mol. The standard InChI is InChI=1S/C17H22N4O3/c1-10(2)16(22)20-5-7-21(8-6-20)17(23)13-9-11(3)18-15-14(13)12(4)19-24-15/h9-10H,5-8H2,1-4H3. The number of piperazine rings is 1. The first-order valence-electron chi connectivity index (χ1n) is 8.20. The second-order valence-electron chi connectivity index (χ2n) is 6.53. The van der Waals surface area contributed by atoms with Gasteiger partial charge in [0, 0.05) is 37.8 Å². The summed E-state index contributed by atoms with van der Waals surface area (Å²) in [6, 6.07) is 1.78. The highest BCUT2D eigenvalue weighted by atomic mass is 16.5. The van der Waals surface area contributed by atoms with Gasteiger partial charge in [-0.1, -0.05) is 19.0 Å². The van der Waals surface area contributed by atoms with Crippen molar-refractivity contribution < 1.29 is 14.1 Å². The molecule has 0 aromatic carbocycles. The minimum Gasteiger partial charge on any atom is -0.339 e. The van der Waals surface area contributed by atoms with Crippen LogP contribution < -0.4 is 0 Å². The Morgan fingerprint density at radius 2 is 1.75 bits per heavy atom. The zero-order valence-corrected chi connectivity index (χ0v) is 14.5. The number of amides is 2. The van der Waals surface area contributed by atoms with Gasteiger partial charge in [-0.2, -0.15) is 0 Å². The normalized spacial score (nSPS) is 15.4. The third-order valence-electron chi connectivity index (χ3n) is 4.35. The summed E-state index contributed by atoms with van der Waals surface area (Å²) in [5.41, 5.74) is 2.34. The van der Waals surface area contributed by atoms with E-state index in [0.717, 1.165) is 5.69 Å². The first-order valence-corrected chi connectivity index (χ1v) is 8.20. The highest BCUT2D eigenvalue weighted by Crippen LogP contribution is 2.23. The van der Waals surface area contributed by atoms with Crippen LogP contribution in [0.1, 0.15) is 35.6 Å². The zero-order chi connectivity index (χ0) is 17.4. The van der Waals surface area contributed by atoms with E-state index in [1.54, 1.807) is 17.9 Å². The number of carbonyl (C=O) groups excluding carboxylic acids is 2. The quantitative estimate of drug-likeness (QED) is 0.838. The molecule has 3 rings (SSSR count). The lowest BCUT2D eigenvalue weighted by molar-refractivity contribution is -0.135. The molecule has 0 saturated carbocycles. The number of rotatable bonds is 2. The summed E-state index contributed by atoms with van der Waals surface area (Å²) in [6.45, 7) is 9.62. The van der Waals surface area contributed by atoms with Gasteiger partial charge in [0.25, 0.3) is 11.6 Å². The van der Waals surface area contributed by atoms with Crippen LogP contribution in [0.2, 0.25) is 0 Å². The first kappa shape index (κ1) is 16.4. The summed E-state index contributed by atoms with van der Waals surface area (Å²) >= 11 is 0. The van der Waals surface area contributed by atoms with Gasteiger partial charge in [-0.15, -0.1) is 0 Å². The minimum absolute atomic E-state index is 0.0191. The van der Waals surface area contributed by atoms with Crippen molar-refractivity contribution >= 4 is 22.9 Å². The van der Waals surface area contributed by atoms with E-state index in [0.29, 0.717) is 48.5 Å². The Balaban J connectivity index is 1.81. The predicted octanol–water partition coefficient (Wildman–Crippen LogP) is 1.78. The average Bonchev–Trinajstić information content (AvgIpc) is 2.93. The van der Waals surface area contributed by atoms with Gasteiger partial charge in [-0.05, 0) is 19.9 Å². The van der Waals surface area contributed by atoms with Gasteiger partial charge < -0.3 is 14.3 Å². The van der Waals surface area contributed by atoms with Crippen molar-refractivity contribution in [1.29, 1.82) is 0 Å². The number of nitrogens with zero attached hydrogens (tertiary/aromatic N) is 4. The van der Waals surface area contributed by atoms with E-state index >= 15 is 0 Å². The number of hydrogen-bond acceptors (Lipinski definition) is 5. The van der Waals surface area contributed by atoms with Gasteiger partial charge in [0.15, 0.2) is 0 Å². The van der Waals surface area contributed by atoms with Gasteiger partial charge >= 0.3 is 0 Å². The van der Waals surface area contributed by atoms with E-state index in [4.69, 9.17) is 4.52 Å². The Morgan fingerprint density at radius 1 is 1.12 bits per heavy atom. The fourth-order valence-electron chi connectivity index (χ4n) is 3.05. The summed E-state index contributed by atoms with van der Waals surface area (Å²) in [7, 11) is 0. The summed E-state index contributed by atoms with van der Waals surface area (Å²) < 4.78 is 5.20. The molecule has 7 nitrogen and oxygen atoms in total. The Bertz CT molecular complexity index is 788. The van der Waals surface area contributed by atoms with Crippen LogP contribution in [-0.2, 0) is 4.79 Å². The molecule has 0 atom stereocenters. The molecule has 1 saturated heterocycles.